The Morgan fingerprint density at radius 1 is 0.971 bits per heavy atom. The second kappa shape index (κ2) is 13.5. The molecule has 2 unspecified atom stereocenters. The lowest BCUT2D eigenvalue weighted by Gasteiger charge is -2.36. The van der Waals surface area contributed by atoms with Gasteiger partial charge in [-0.1, -0.05) is 56.9 Å². The molecule has 7 nitrogen and oxygen atoms in total. The summed E-state index contributed by atoms with van der Waals surface area (Å²) in [6, 6.07) is 5.98. The van der Waals surface area contributed by atoms with Gasteiger partial charge in [0.1, 0.15) is 17.7 Å². The van der Waals surface area contributed by atoms with E-state index in [4.69, 9.17) is 4.74 Å². The lowest BCUT2D eigenvalue weighted by Crippen LogP contribution is -2.54. The molecular formula is C28H47N3O4. The highest BCUT2D eigenvalue weighted by molar-refractivity contribution is 5.92. The molecule has 0 bridgehead atoms. The second-order valence-electron chi connectivity index (χ2n) is 11.3. The van der Waals surface area contributed by atoms with Crippen molar-refractivity contribution in [2.24, 2.45) is 0 Å². The zero-order valence-electron chi connectivity index (χ0n) is 23.3. The van der Waals surface area contributed by atoms with Crippen LogP contribution in [0.2, 0.25) is 0 Å². The Morgan fingerprint density at radius 2 is 1.57 bits per heavy atom. The summed E-state index contributed by atoms with van der Waals surface area (Å²) in [6.45, 7) is 17.2. The van der Waals surface area contributed by atoms with Crippen LogP contribution in [0.4, 0.5) is 4.79 Å². The highest BCUT2D eigenvalue weighted by atomic mass is 16.6. The highest BCUT2D eigenvalue weighted by Gasteiger charge is 2.36. The molecule has 0 aromatic heterocycles. The standard InChI is InChI=1S/C28H47N3O4/c1-10-11-12-13-16-19-31(25(33)21(3)29-26(34)35-28(7,8)9)23(24(32)30-27(4,5)6)22-18-15-14-17-20(22)2/h14-15,17-18,21,23H,10-13,16,19H2,1-9H3,(H,29,34)(H,30,32). The van der Waals surface area contributed by atoms with Crippen LogP contribution in [0.3, 0.4) is 0 Å². The smallest absolute Gasteiger partial charge is 0.408 e. The van der Waals surface area contributed by atoms with Gasteiger partial charge in [0.15, 0.2) is 0 Å². The summed E-state index contributed by atoms with van der Waals surface area (Å²) >= 11 is 0. The van der Waals surface area contributed by atoms with Gasteiger partial charge < -0.3 is 20.3 Å². The van der Waals surface area contributed by atoms with Gasteiger partial charge in [0.25, 0.3) is 0 Å². The van der Waals surface area contributed by atoms with Gasteiger partial charge >= 0.3 is 6.09 Å². The number of benzene rings is 1. The molecule has 1 aromatic carbocycles. The van der Waals surface area contributed by atoms with Crippen molar-refractivity contribution in [2.75, 3.05) is 6.54 Å². The van der Waals surface area contributed by atoms with Crippen molar-refractivity contribution in [1.82, 2.24) is 15.5 Å². The summed E-state index contributed by atoms with van der Waals surface area (Å²) in [6.07, 6.45) is 4.42. The first-order chi connectivity index (χ1) is 16.2. The zero-order valence-corrected chi connectivity index (χ0v) is 23.3. The van der Waals surface area contributed by atoms with E-state index in [0.29, 0.717) is 6.54 Å². The third kappa shape index (κ3) is 11.1. The van der Waals surface area contributed by atoms with Crippen LogP contribution in [0.25, 0.3) is 0 Å². The largest absolute Gasteiger partial charge is 0.444 e. The molecule has 3 amide bonds. The summed E-state index contributed by atoms with van der Waals surface area (Å²) in [7, 11) is 0. The molecular weight excluding hydrogens is 442 g/mol. The predicted octanol–water partition coefficient (Wildman–Crippen LogP) is 5.66. The molecule has 0 aliphatic heterocycles. The minimum atomic E-state index is -0.852. The third-order valence-electron chi connectivity index (χ3n) is 5.43. The Balaban J connectivity index is 3.33. The fraction of sp³-hybridized carbons (Fsp3) is 0.679. The van der Waals surface area contributed by atoms with Crippen molar-refractivity contribution in [3.8, 4) is 0 Å². The van der Waals surface area contributed by atoms with Crippen LogP contribution >= 0.6 is 0 Å². The fourth-order valence-electron chi connectivity index (χ4n) is 3.83. The number of hydrogen-bond acceptors (Lipinski definition) is 4. The average Bonchev–Trinajstić information content (AvgIpc) is 2.70. The second-order valence-corrected chi connectivity index (χ2v) is 11.3. The van der Waals surface area contributed by atoms with Crippen LogP contribution in [0.1, 0.15) is 105 Å². The number of rotatable bonds is 11. The van der Waals surface area contributed by atoms with Crippen molar-refractivity contribution >= 4 is 17.9 Å². The molecule has 1 aromatic rings. The first-order valence-electron chi connectivity index (χ1n) is 12.8. The maximum atomic E-state index is 13.7. The summed E-state index contributed by atoms with van der Waals surface area (Å²) in [5, 5.41) is 5.71. The predicted molar refractivity (Wildman–Crippen MR) is 141 cm³/mol. The number of aryl methyl sites for hydroxylation is 1. The number of carbonyl (C=O) groups is 3. The molecule has 0 aliphatic rings. The van der Waals surface area contributed by atoms with Crippen LogP contribution in [0.15, 0.2) is 24.3 Å². The number of hydrogen-bond donors (Lipinski definition) is 2. The van der Waals surface area contributed by atoms with E-state index >= 15 is 0 Å². The molecule has 0 saturated heterocycles. The first-order valence-corrected chi connectivity index (χ1v) is 12.8. The van der Waals surface area contributed by atoms with Crippen LogP contribution < -0.4 is 10.6 Å². The molecule has 0 fully saturated rings. The van der Waals surface area contributed by atoms with E-state index < -0.39 is 29.3 Å². The molecule has 1 rings (SSSR count). The average molecular weight is 490 g/mol. The monoisotopic (exact) mass is 489 g/mol. The molecule has 0 aliphatic carbocycles. The topological polar surface area (TPSA) is 87.7 Å². The minimum absolute atomic E-state index is 0.238. The maximum Gasteiger partial charge on any atom is 0.408 e. The number of ether oxygens (including phenoxy) is 1. The van der Waals surface area contributed by atoms with Gasteiger partial charge in [0, 0.05) is 12.1 Å². The van der Waals surface area contributed by atoms with E-state index in [1.165, 1.54) is 0 Å². The molecule has 0 spiro atoms. The summed E-state index contributed by atoms with van der Waals surface area (Å²) in [4.78, 5) is 41.3. The van der Waals surface area contributed by atoms with Crippen molar-refractivity contribution in [3.63, 3.8) is 0 Å². The Morgan fingerprint density at radius 3 is 2.11 bits per heavy atom. The van der Waals surface area contributed by atoms with Gasteiger partial charge in [0.05, 0.1) is 0 Å². The van der Waals surface area contributed by atoms with Crippen molar-refractivity contribution < 1.29 is 19.1 Å². The summed E-state index contributed by atoms with van der Waals surface area (Å²) in [5.41, 5.74) is 0.565. The Hall–Kier alpha value is -2.57. The van der Waals surface area contributed by atoms with E-state index in [0.717, 1.165) is 43.2 Å². The highest BCUT2D eigenvalue weighted by Crippen LogP contribution is 2.27. The van der Waals surface area contributed by atoms with Gasteiger partial charge in [-0.05, 0) is 72.9 Å². The SMILES string of the molecule is CCCCCCCN(C(=O)C(C)NC(=O)OC(C)(C)C)C(C(=O)NC(C)(C)C)c1ccccc1C. The maximum absolute atomic E-state index is 13.7. The van der Waals surface area contributed by atoms with Gasteiger partial charge in [0.2, 0.25) is 11.8 Å². The van der Waals surface area contributed by atoms with Crippen LogP contribution in [-0.4, -0.2) is 46.5 Å². The number of nitrogens with zero attached hydrogens (tertiary/aromatic N) is 1. The van der Waals surface area contributed by atoms with E-state index in [9.17, 15) is 14.4 Å². The Bertz CT molecular complexity index is 839. The van der Waals surface area contributed by atoms with Gasteiger partial charge in [-0.2, -0.15) is 0 Å². The van der Waals surface area contributed by atoms with Crippen LogP contribution in [0.5, 0.6) is 0 Å². The molecule has 35 heavy (non-hydrogen) atoms. The minimum Gasteiger partial charge on any atom is -0.444 e. The van der Waals surface area contributed by atoms with E-state index in [1.807, 2.05) is 52.0 Å². The molecule has 0 saturated carbocycles. The van der Waals surface area contributed by atoms with Crippen LogP contribution in [0, 0.1) is 6.92 Å². The normalized spacial score (nSPS) is 13.5. The van der Waals surface area contributed by atoms with E-state index in [1.54, 1.807) is 32.6 Å². The molecule has 0 heterocycles. The summed E-state index contributed by atoms with van der Waals surface area (Å²) < 4.78 is 5.34. The molecule has 2 N–H and O–H groups in total. The lowest BCUT2D eigenvalue weighted by molar-refractivity contribution is -0.142. The van der Waals surface area contributed by atoms with E-state index in [-0.39, 0.29) is 11.8 Å². The summed E-state index contributed by atoms with van der Waals surface area (Å²) in [5.74, 6) is -0.554. The number of nitrogens with one attached hydrogen (secondary N) is 2. The van der Waals surface area contributed by atoms with Gasteiger partial charge in [-0.15, -0.1) is 0 Å². The molecule has 198 valence electrons. The van der Waals surface area contributed by atoms with Crippen molar-refractivity contribution in [1.29, 1.82) is 0 Å². The number of unbranched alkanes of at least 4 members (excludes halogenated alkanes) is 4. The third-order valence-corrected chi connectivity index (χ3v) is 5.43. The molecule has 2 atom stereocenters. The number of amides is 3. The Labute approximate surface area is 212 Å². The number of carbonyl (C=O) groups excluding carboxylic acids is 3. The van der Waals surface area contributed by atoms with Crippen LogP contribution in [-0.2, 0) is 14.3 Å². The molecule has 0 radical (unpaired) electrons. The van der Waals surface area contributed by atoms with E-state index in [2.05, 4.69) is 17.6 Å². The van der Waals surface area contributed by atoms with Crippen molar-refractivity contribution in [3.05, 3.63) is 35.4 Å². The number of alkyl carbamates (subject to hydrolysis) is 1. The van der Waals surface area contributed by atoms with Crippen molar-refractivity contribution in [2.45, 2.75) is 118 Å². The zero-order chi connectivity index (χ0) is 26.8. The fourth-order valence-corrected chi connectivity index (χ4v) is 3.83. The Kier molecular flexibility index (Phi) is 11.7. The van der Waals surface area contributed by atoms with Gasteiger partial charge in [-0.3, -0.25) is 9.59 Å². The first kappa shape index (κ1) is 30.5. The van der Waals surface area contributed by atoms with Gasteiger partial charge in [-0.25, -0.2) is 4.79 Å². The molecule has 7 heteroatoms. The lowest BCUT2D eigenvalue weighted by atomic mass is 9.96. The quantitative estimate of drug-likeness (QED) is 0.393.